The van der Waals surface area contributed by atoms with Gasteiger partial charge < -0.3 is 0 Å². The van der Waals surface area contributed by atoms with Crippen LogP contribution in [0.4, 0.5) is 0 Å². The predicted molar refractivity (Wildman–Crippen MR) is 82.9 cm³/mol. The SMILES string of the molecule is O=S(=O)(C1CC1)N1CCN(Cc2cccc(Br)c2)CC1. The molecule has 4 nitrogen and oxygen atoms in total. The lowest BCUT2D eigenvalue weighted by atomic mass is 10.2. The second kappa shape index (κ2) is 5.75. The van der Waals surface area contributed by atoms with Gasteiger partial charge in [0.05, 0.1) is 5.25 Å². The number of rotatable bonds is 4. The van der Waals surface area contributed by atoms with Gasteiger partial charge in [-0.15, -0.1) is 0 Å². The highest BCUT2D eigenvalue weighted by molar-refractivity contribution is 9.10. The molecule has 0 atom stereocenters. The Morgan fingerprint density at radius 2 is 1.85 bits per heavy atom. The van der Waals surface area contributed by atoms with Gasteiger partial charge in [0.2, 0.25) is 10.0 Å². The summed E-state index contributed by atoms with van der Waals surface area (Å²) in [7, 11) is -2.99. The zero-order chi connectivity index (χ0) is 14.2. The minimum Gasteiger partial charge on any atom is -0.296 e. The highest BCUT2D eigenvalue weighted by Gasteiger charge is 2.40. The number of halogens is 1. The van der Waals surface area contributed by atoms with E-state index in [0.29, 0.717) is 13.1 Å². The number of nitrogens with zero attached hydrogens (tertiary/aromatic N) is 2. The van der Waals surface area contributed by atoms with Crippen molar-refractivity contribution in [2.24, 2.45) is 0 Å². The quantitative estimate of drug-likeness (QED) is 0.826. The van der Waals surface area contributed by atoms with Gasteiger partial charge in [0.1, 0.15) is 0 Å². The molecule has 0 unspecified atom stereocenters. The number of benzene rings is 1. The maximum atomic E-state index is 12.2. The van der Waals surface area contributed by atoms with E-state index in [1.165, 1.54) is 5.56 Å². The van der Waals surface area contributed by atoms with Gasteiger partial charge >= 0.3 is 0 Å². The Bertz CT molecular complexity index is 579. The van der Waals surface area contributed by atoms with Crippen LogP contribution in [0.5, 0.6) is 0 Å². The number of sulfonamides is 1. The highest BCUT2D eigenvalue weighted by Crippen LogP contribution is 2.31. The van der Waals surface area contributed by atoms with Crippen LogP contribution in [0.2, 0.25) is 0 Å². The summed E-state index contributed by atoms with van der Waals surface area (Å²) in [4.78, 5) is 2.32. The van der Waals surface area contributed by atoms with Crippen LogP contribution in [-0.2, 0) is 16.6 Å². The smallest absolute Gasteiger partial charge is 0.217 e. The first-order chi connectivity index (χ1) is 9.55. The van der Waals surface area contributed by atoms with Crippen molar-refractivity contribution in [3.05, 3.63) is 34.3 Å². The molecule has 1 aliphatic carbocycles. The van der Waals surface area contributed by atoms with Crippen molar-refractivity contribution < 1.29 is 8.42 Å². The van der Waals surface area contributed by atoms with Gasteiger partial charge in [-0.2, -0.15) is 4.31 Å². The standard InChI is InChI=1S/C14H19BrN2O2S/c15-13-3-1-2-12(10-13)11-16-6-8-17(9-7-16)20(18,19)14-4-5-14/h1-3,10,14H,4-9,11H2. The summed E-state index contributed by atoms with van der Waals surface area (Å²) in [5, 5.41) is -0.0841. The van der Waals surface area contributed by atoms with Gasteiger partial charge in [-0.25, -0.2) is 8.42 Å². The lowest BCUT2D eigenvalue weighted by molar-refractivity contribution is 0.181. The molecule has 1 saturated carbocycles. The van der Waals surface area contributed by atoms with E-state index in [2.05, 4.69) is 33.0 Å². The molecule has 6 heteroatoms. The van der Waals surface area contributed by atoms with E-state index in [1.807, 2.05) is 12.1 Å². The van der Waals surface area contributed by atoms with Crippen LogP contribution in [0.25, 0.3) is 0 Å². The van der Waals surface area contributed by atoms with Crippen LogP contribution in [0.1, 0.15) is 18.4 Å². The number of hydrogen-bond donors (Lipinski definition) is 0. The first kappa shape index (κ1) is 14.5. The second-order valence-electron chi connectivity index (χ2n) is 5.55. The Labute approximate surface area is 128 Å². The molecule has 1 aliphatic heterocycles. The van der Waals surface area contributed by atoms with E-state index in [9.17, 15) is 8.42 Å². The van der Waals surface area contributed by atoms with Crippen LogP contribution in [-0.4, -0.2) is 49.1 Å². The highest BCUT2D eigenvalue weighted by atomic mass is 79.9. The maximum Gasteiger partial charge on any atom is 0.217 e. The summed E-state index contributed by atoms with van der Waals surface area (Å²) < 4.78 is 27.1. The fraction of sp³-hybridized carbons (Fsp3) is 0.571. The van der Waals surface area contributed by atoms with Crippen molar-refractivity contribution >= 4 is 26.0 Å². The van der Waals surface area contributed by atoms with E-state index in [-0.39, 0.29) is 5.25 Å². The average Bonchev–Trinajstić information content (AvgIpc) is 3.24. The van der Waals surface area contributed by atoms with Crippen molar-refractivity contribution in [2.45, 2.75) is 24.6 Å². The zero-order valence-corrected chi connectivity index (χ0v) is 13.7. The van der Waals surface area contributed by atoms with Gasteiger partial charge in [0.15, 0.2) is 0 Å². The van der Waals surface area contributed by atoms with Crippen LogP contribution in [0.3, 0.4) is 0 Å². The molecule has 20 heavy (non-hydrogen) atoms. The molecule has 1 heterocycles. The molecule has 0 aromatic heterocycles. The summed E-state index contributed by atoms with van der Waals surface area (Å²) in [5.74, 6) is 0. The molecule has 1 aromatic carbocycles. The second-order valence-corrected chi connectivity index (χ2v) is 8.68. The maximum absolute atomic E-state index is 12.2. The molecule has 0 amide bonds. The molecular formula is C14H19BrN2O2S. The molecule has 0 radical (unpaired) electrons. The average molecular weight is 359 g/mol. The van der Waals surface area contributed by atoms with Crippen LogP contribution >= 0.6 is 15.9 Å². The van der Waals surface area contributed by atoms with E-state index >= 15 is 0 Å². The van der Waals surface area contributed by atoms with Gasteiger partial charge in [-0.3, -0.25) is 4.90 Å². The van der Waals surface area contributed by atoms with Crippen molar-refractivity contribution in [3.63, 3.8) is 0 Å². The third kappa shape index (κ3) is 3.24. The normalized spacial score (nSPS) is 22.1. The Kier molecular flexibility index (Phi) is 4.17. The van der Waals surface area contributed by atoms with Gasteiger partial charge in [0.25, 0.3) is 0 Å². The molecule has 1 aromatic rings. The molecular weight excluding hydrogens is 340 g/mol. The Morgan fingerprint density at radius 1 is 1.15 bits per heavy atom. The lowest BCUT2D eigenvalue weighted by Gasteiger charge is -2.34. The molecule has 3 rings (SSSR count). The third-order valence-electron chi connectivity index (χ3n) is 3.93. The zero-order valence-electron chi connectivity index (χ0n) is 11.3. The van der Waals surface area contributed by atoms with Gasteiger partial charge in [0, 0.05) is 37.2 Å². The Balaban J connectivity index is 1.56. The Morgan fingerprint density at radius 3 is 2.45 bits per heavy atom. The monoisotopic (exact) mass is 358 g/mol. The minimum atomic E-state index is -2.99. The largest absolute Gasteiger partial charge is 0.296 e. The third-order valence-corrected chi connectivity index (χ3v) is 6.82. The Hall–Kier alpha value is -0.430. The molecule has 0 bridgehead atoms. The predicted octanol–water partition coefficient (Wildman–Crippen LogP) is 2.06. The fourth-order valence-corrected chi connectivity index (χ4v) is 4.88. The number of hydrogen-bond acceptors (Lipinski definition) is 3. The topological polar surface area (TPSA) is 40.6 Å². The number of piperazine rings is 1. The molecule has 1 saturated heterocycles. The molecule has 110 valence electrons. The molecule has 0 N–H and O–H groups in total. The summed E-state index contributed by atoms with van der Waals surface area (Å²) in [6, 6.07) is 8.28. The summed E-state index contributed by atoms with van der Waals surface area (Å²) in [5.41, 5.74) is 1.26. The first-order valence-electron chi connectivity index (χ1n) is 7.01. The molecule has 2 fully saturated rings. The van der Waals surface area contributed by atoms with Crippen LogP contribution in [0, 0.1) is 0 Å². The summed E-state index contributed by atoms with van der Waals surface area (Å²) >= 11 is 3.48. The summed E-state index contributed by atoms with van der Waals surface area (Å²) in [6.45, 7) is 3.79. The van der Waals surface area contributed by atoms with Crippen molar-refractivity contribution in [1.29, 1.82) is 0 Å². The van der Waals surface area contributed by atoms with Crippen LogP contribution in [0.15, 0.2) is 28.7 Å². The molecule has 2 aliphatic rings. The van der Waals surface area contributed by atoms with Crippen molar-refractivity contribution in [3.8, 4) is 0 Å². The minimum absolute atomic E-state index is 0.0841. The van der Waals surface area contributed by atoms with Crippen molar-refractivity contribution in [2.75, 3.05) is 26.2 Å². The first-order valence-corrected chi connectivity index (χ1v) is 9.31. The van der Waals surface area contributed by atoms with E-state index in [4.69, 9.17) is 0 Å². The van der Waals surface area contributed by atoms with E-state index in [1.54, 1.807) is 4.31 Å². The van der Waals surface area contributed by atoms with Gasteiger partial charge in [-0.05, 0) is 30.5 Å². The fourth-order valence-electron chi connectivity index (χ4n) is 2.61. The van der Waals surface area contributed by atoms with Crippen molar-refractivity contribution in [1.82, 2.24) is 9.21 Å². The van der Waals surface area contributed by atoms with E-state index < -0.39 is 10.0 Å². The molecule has 0 spiro atoms. The summed E-state index contributed by atoms with van der Waals surface area (Å²) in [6.07, 6.45) is 1.70. The van der Waals surface area contributed by atoms with Crippen LogP contribution < -0.4 is 0 Å². The van der Waals surface area contributed by atoms with Gasteiger partial charge in [-0.1, -0.05) is 28.1 Å². The van der Waals surface area contributed by atoms with E-state index in [0.717, 1.165) is 36.9 Å². The lowest BCUT2D eigenvalue weighted by Crippen LogP contribution is -2.49.